The van der Waals surface area contributed by atoms with E-state index in [-0.39, 0.29) is 5.91 Å². The molecule has 1 amide bonds. The molecular formula is C19H26N4O. The van der Waals surface area contributed by atoms with Gasteiger partial charge in [0.25, 0.3) is 5.91 Å². The molecule has 0 aliphatic heterocycles. The number of unbranched alkanes of at least 4 members (excludes halogenated alkanes) is 1. The van der Waals surface area contributed by atoms with E-state index in [2.05, 4.69) is 34.3 Å². The van der Waals surface area contributed by atoms with Crippen molar-refractivity contribution >= 4 is 17.4 Å². The Morgan fingerprint density at radius 2 is 1.79 bits per heavy atom. The maximum atomic E-state index is 12.4. The minimum atomic E-state index is -0.236. The number of nitrogens with one attached hydrogen (secondary N) is 1. The Bertz CT molecular complexity index is 687. The average Bonchev–Trinajstić information content (AvgIpc) is 2.55. The van der Waals surface area contributed by atoms with Gasteiger partial charge < -0.3 is 10.2 Å². The number of nitrogens with zero attached hydrogens (tertiary/aromatic N) is 3. The smallest absolute Gasteiger partial charge is 0.275 e. The van der Waals surface area contributed by atoms with Crippen molar-refractivity contribution in [3.8, 4) is 0 Å². The van der Waals surface area contributed by atoms with Crippen molar-refractivity contribution < 1.29 is 4.79 Å². The summed E-state index contributed by atoms with van der Waals surface area (Å²) in [6, 6.07) is 4.11. The predicted molar refractivity (Wildman–Crippen MR) is 98.8 cm³/mol. The van der Waals surface area contributed by atoms with Crippen molar-refractivity contribution in [2.45, 2.75) is 40.5 Å². The second-order valence-corrected chi connectivity index (χ2v) is 6.26. The molecule has 2 rings (SSSR count). The molecule has 0 spiro atoms. The summed E-state index contributed by atoms with van der Waals surface area (Å²) in [4.78, 5) is 23.1. The number of carbonyl (C=O) groups is 1. The first kappa shape index (κ1) is 17.9. The standard InChI is InChI=1S/C19H26N4O/c1-6-7-8-23(5)17-12-20-16(11-21-17)19(24)22-18-14(3)9-13(2)10-15(18)4/h9-12H,6-8H2,1-5H3,(H,22,24). The van der Waals surface area contributed by atoms with Gasteiger partial charge in [0.2, 0.25) is 0 Å². The first-order chi connectivity index (χ1) is 11.4. The lowest BCUT2D eigenvalue weighted by Crippen LogP contribution is -2.21. The SMILES string of the molecule is CCCCN(C)c1cnc(C(=O)Nc2c(C)cc(C)cc2C)cn1. The number of aromatic nitrogens is 2. The zero-order valence-electron chi connectivity index (χ0n) is 15.2. The monoisotopic (exact) mass is 326 g/mol. The summed E-state index contributed by atoms with van der Waals surface area (Å²) >= 11 is 0. The topological polar surface area (TPSA) is 58.1 Å². The van der Waals surface area contributed by atoms with Crippen LogP contribution in [0.5, 0.6) is 0 Å². The largest absolute Gasteiger partial charge is 0.358 e. The molecule has 5 nitrogen and oxygen atoms in total. The van der Waals surface area contributed by atoms with Gasteiger partial charge in [0.05, 0.1) is 12.4 Å². The van der Waals surface area contributed by atoms with Gasteiger partial charge in [-0.1, -0.05) is 31.0 Å². The Kier molecular flexibility index (Phi) is 5.90. The third kappa shape index (κ3) is 4.31. The number of anilines is 2. The van der Waals surface area contributed by atoms with Gasteiger partial charge in [-0.15, -0.1) is 0 Å². The molecule has 0 aliphatic rings. The van der Waals surface area contributed by atoms with E-state index in [4.69, 9.17) is 0 Å². The van der Waals surface area contributed by atoms with E-state index >= 15 is 0 Å². The number of hydrogen-bond donors (Lipinski definition) is 1. The molecule has 128 valence electrons. The fraction of sp³-hybridized carbons (Fsp3) is 0.421. The van der Waals surface area contributed by atoms with E-state index in [0.717, 1.165) is 42.0 Å². The van der Waals surface area contributed by atoms with Gasteiger partial charge in [-0.2, -0.15) is 0 Å². The molecule has 2 aromatic rings. The molecule has 0 saturated carbocycles. The lowest BCUT2D eigenvalue weighted by atomic mass is 10.1. The third-order valence-corrected chi connectivity index (χ3v) is 4.02. The van der Waals surface area contributed by atoms with Gasteiger partial charge in [0, 0.05) is 19.3 Å². The molecule has 0 radical (unpaired) electrons. The lowest BCUT2D eigenvalue weighted by molar-refractivity contribution is 0.102. The molecule has 0 atom stereocenters. The molecular weight excluding hydrogens is 300 g/mol. The zero-order chi connectivity index (χ0) is 17.7. The van der Waals surface area contributed by atoms with Crippen molar-refractivity contribution in [1.82, 2.24) is 9.97 Å². The summed E-state index contributed by atoms with van der Waals surface area (Å²) in [5.74, 6) is 0.544. The van der Waals surface area contributed by atoms with Gasteiger partial charge in [-0.3, -0.25) is 4.79 Å². The van der Waals surface area contributed by atoms with E-state index in [9.17, 15) is 4.79 Å². The molecule has 1 aromatic heterocycles. The summed E-state index contributed by atoms with van der Waals surface area (Å²) in [6.07, 6.45) is 5.42. The first-order valence-electron chi connectivity index (χ1n) is 8.34. The zero-order valence-corrected chi connectivity index (χ0v) is 15.2. The molecule has 0 unspecified atom stereocenters. The van der Waals surface area contributed by atoms with E-state index in [0.29, 0.717) is 5.69 Å². The number of hydrogen-bond acceptors (Lipinski definition) is 4. The lowest BCUT2D eigenvalue weighted by Gasteiger charge is -2.17. The number of amides is 1. The molecule has 5 heteroatoms. The minimum Gasteiger partial charge on any atom is -0.358 e. The van der Waals surface area contributed by atoms with E-state index in [1.807, 2.05) is 32.7 Å². The van der Waals surface area contributed by atoms with Crippen molar-refractivity contribution in [3.63, 3.8) is 0 Å². The van der Waals surface area contributed by atoms with Crippen LogP contribution in [-0.2, 0) is 0 Å². The molecule has 1 N–H and O–H groups in total. The van der Waals surface area contributed by atoms with Crippen molar-refractivity contribution in [2.24, 2.45) is 0 Å². The van der Waals surface area contributed by atoms with E-state index < -0.39 is 0 Å². The summed E-state index contributed by atoms with van der Waals surface area (Å²) in [7, 11) is 1.98. The van der Waals surface area contributed by atoms with Crippen molar-refractivity contribution in [2.75, 3.05) is 23.8 Å². The van der Waals surface area contributed by atoms with Crippen LogP contribution < -0.4 is 10.2 Å². The van der Waals surface area contributed by atoms with Crippen LogP contribution in [0.25, 0.3) is 0 Å². The number of benzene rings is 1. The summed E-state index contributed by atoms with van der Waals surface area (Å²) in [5.41, 5.74) is 4.44. The molecule has 1 heterocycles. The second kappa shape index (κ2) is 7.90. The molecule has 0 saturated heterocycles. The van der Waals surface area contributed by atoms with Crippen LogP contribution in [0, 0.1) is 20.8 Å². The van der Waals surface area contributed by atoms with E-state index in [1.54, 1.807) is 6.20 Å². The van der Waals surface area contributed by atoms with Gasteiger partial charge in [0.15, 0.2) is 0 Å². The highest BCUT2D eigenvalue weighted by Crippen LogP contribution is 2.22. The van der Waals surface area contributed by atoms with Crippen LogP contribution in [0.4, 0.5) is 11.5 Å². The summed E-state index contributed by atoms with van der Waals surface area (Å²) in [6.45, 7) is 9.12. The maximum Gasteiger partial charge on any atom is 0.275 e. The number of aryl methyl sites for hydroxylation is 3. The molecule has 0 fully saturated rings. The second-order valence-electron chi connectivity index (χ2n) is 6.26. The summed E-state index contributed by atoms with van der Waals surface area (Å²) < 4.78 is 0. The fourth-order valence-electron chi connectivity index (χ4n) is 2.70. The van der Waals surface area contributed by atoms with Crippen LogP contribution in [0.2, 0.25) is 0 Å². The van der Waals surface area contributed by atoms with Gasteiger partial charge in [0.1, 0.15) is 11.5 Å². The Labute approximate surface area is 144 Å². The number of rotatable bonds is 6. The van der Waals surface area contributed by atoms with Crippen molar-refractivity contribution in [1.29, 1.82) is 0 Å². The molecule has 1 aromatic carbocycles. The van der Waals surface area contributed by atoms with Crippen molar-refractivity contribution in [3.05, 3.63) is 46.9 Å². The Balaban J connectivity index is 2.11. The summed E-state index contributed by atoms with van der Waals surface area (Å²) in [5, 5.41) is 2.95. The van der Waals surface area contributed by atoms with Gasteiger partial charge in [-0.25, -0.2) is 9.97 Å². The normalized spacial score (nSPS) is 10.5. The molecule has 0 bridgehead atoms. The Morgan fingerprint density at radius 3 is 2.33 bits per heavy atom. The molecule has 0 aliphatic carbocycles. The van der Waals surface area contributed by atoms with E-state index in [1.165, 1.54) is 11.8 Å². The number of carbonyl (C=O) groups excluding carboxylic acids is 1. The first-order valence-corrected chi connectivity index (χ1v) is 8.34. The average molecular weight is 326 g/mol. The highest BCUT2D eigenvalue weighted by molar-refractivity contribution is 6.03. The maximum absolute atomic E-state index is 12.4. The third-order valence-electron chi connectivity index (χ3n) is 4.02. The van der Waals surface area contributed by atoms with Crippen LogP contribution >= 0.6 is 0 Å². The quantitative estimate of drug-likeness (QED) is 0.875. The van der Waals surface area contributed by atoms with Gasteiger partial charge in [-0.05, 0) is 38.3 Å². The minimum absolute atomic E-state index is 0.236. The van der Waals surface area contributed by atoms with Crippen LogP contribution in [0.15, 0.2) is 24.5 Å². The predicted octanol–water partition coefficient (Wildman–Crippen LogP) is 3.89. The molecule has 24 heavy (non-hydrogen) atoms. The van der Waals surface area contributed by atoms with Crippen LogP contribution in [-0.4, -0.2) is 29.5 Å². The highest BCUT2D eigenvalue weighted by Gasteiger charge is 2.13. The Morgan fingerprint density at radius 1 is 1.12 bits per heavy atom. The fourth-order valence-corrected chi connectivity index (χ4v) is 2.70. The van der Waals surface area contributed by atoms with Gasteiger partial charge >= 0.3 is 0 Å². The highest BCUT2D eigenvalue weighted by atomic mass is 16.1. The van der Waals surface area contributed by atoms with Crippen LogP contribution in [0.3, 0.4) is 0 Å². The Hall–Kier alpha value is -2.43. The van der Waals surface area contributed by atoms with Crippen LogP contribution in [0.1, 0.15) is 46.9 Å².